The van der Waals surface area contributed by atoms with E-state index in [1.54, 1.807) is 6.07 Å². The average Bonchev–Trinajstić information content (AvgIpc) is 3.23. The predicted octanol–water partition coefficient (Wildman–Crippen LogP) is 6.54. The quantitative estimate of drug-likeness (QED) is 0.231. The Morgan fingerprint density at radius 3 is 2.49 bits per heavy atom. The molecule has 2 aromatic heterocycles. The van der Waals surface area contributed by atoms with Crippen molar-refractivity contribution in [2.45, 2.75) is 38.5 Å². The molecule has 1 aliphatic carbocycles. The van der Waals surface area contributed by atoms with E-state index in [4.69, 9.17) is 21.9 Å². The number of nitrogens with zero attached hydrogens (tertiary/aromatic N) is 1. The fraction of sp³-hybridized carbons (Fsp3) is 0.241. The Morgan fingerprint density at radius 1 is 0.973 bits per heavy atom. The number of fused-ring (bicyclic) bond motifs is 2. The van der Waals surface area contributed by atoms with E-state index in [0.717, 1.165) is 54.1 Å². The number of thiophene rings is 1. The second kappa shape index (κ2) is 11.2. The van der Waals surface area contributed by atoms with Crippen molar-refractivity contribution in [2.75, 3.05) is 12.4 Å². The van der Waals surface area contributed by atoms with Crippen LogP contribution in [-0.4, -0.2) is 29.1 Å². The maximum absolute atomic E-state index is 13.4. The number of aromatic nitrogens is 1. The summed E-state index contributed by atoms with van der Waals surface area (Å²) in [7, 11) is 1.39. The highest BCUT2D eigenvalue weighted by atomic mass is 32.1. The van der Waals surface area contributed by atoms with Crippen LogP contribution in [0.3, 0.4) is 0 Å². The van der Waals surface area contributed by atoms with Gasteiger partial charge in [-0.25, -0.2) is 9.78 Å². The summed E-state index contributed by atoms with van der Waals surface area (Å²) in [6.45, 7) is 0. The van der Waals surface area contributed by atoms with E-state index >= 15 is 0 Å². The number of carbonyl (C=O) groups is 2. The van der Waals surface area contributed by atoms with Gasteiger partial charge in [-0.1, -0.05) is 61.4 Å². The van der Waals surface area contributed by atoms with Crippen molar-refractivity contribution in [1.29, 1.82) is 0 Å². The first kappa shape index (κ1) is 25.0. The number of hydrogen-bond donors (Lipinski definition) is 2. The van der Waals surface area contributed by atoms with E-state index < -0.39 is 0 Å². The first-order valence-electron chi connectivity index (χ1n) is 12.4. The summed E-state index contributed by atoms with van der Waals surface area (Å²) in [6, 6.07) is 19.1. The summed E-state index contributed by atoms with van der Waals surface area (Å²) < 4.78 is 5.10. The fourth-order valence-corrected chi connectivity index (χ4v) is 6.29. The van der Waals surface area contributed by atoms with Gasteiger partial charge in [0.05, 0.1) is 29.4 Å². The highest BCUT2D eigenvalue weighted by molar-refractivity contribution is 7.80. The molecule has 6 nitrogen and oxygen atoms in total. The van der Waals surface area contributed by atoms with Crippen LogP contribution < -0.4 is 10.6 Å². The average molecular weight is 530 g/mol. The van der Waals surface area contributed by atoms with E-state index in [2.05, 4.69) is 10.6 Å². The zero-order chi connectivity index (χ0) is 25.8. The Balaban J connectivity index is 1.43. The van der Waals surface area contributed by atoms with Gasteiger partial charge in [0, 0.05) is 15.8 Å². The van der Waals surface area contributed by atoms with Crippen molar-refractivity contribution >= 4 is 56.4 Å². The molecule has 2 heterocycles. The number of benzene rings is 2. The summed E-state index contributed by atoms with van der Waals surface area (Å²) in [5, 5.41) is 7.42. The van der Waals surface area contributed by atoms with E-state index in [1.165, 1.54) is 29.7 Å². The molecular formula is C29H27N3O3S2. The molecule has 0 fully saturated rings. The van der Waals surface area contributed by atoms with Gasteiger partial charge in [0.1, 0.15) is 5.00 Å². The van der Waals surface area contributed by atoms with Crippen LogP contribution in [0.4, 0.5) is 5.00 Å². The van der Waals surface area contributed by atoms with Crippen LogP contribution >= 0.6 is 23.6 Å². The molecule has 5 rings (SSSR count). The van der Waals surface area contributed by atoms with Crippen molar-refractivity contribution in [1.82, 2.24) is 10.3 Å². The highest BCUT2D eigenvalue weighted by Crippen LogP contribution is 2.37. The minimum Gasteiger partial charge on any atom is -0.465 e. The molecule has 0 radical (unpaired) electrons. The van der Waals surface area contributed by atoms with Gasteiger partial charge in [-0.15, -0.1) is 11.3 Å². The zero-order valence-electron chi connectivity index (χ0n) is 20.5. The normalized spacial score (nSPS) is 13.2. The maximum Gasteiger partial charge on any atom is 0.341 e. The molecule has 0 bridgehead atoms. The molecule has 0 saturated carbocycles. The van der Waals surface area contributed by atoms with Crippen LogP contribution in [0.15, 0.2) is 60.7 Å². The molecule has 4 aromatic rings. The molecule has 1 aliphatic rings. The summed E-state index contributed by atoms with van der Waals surface area (Å²) in [5.74, 6) is -0.731. The standard InChI is InChI=1S/C29H27N3O3S2/c1-35-28(34)25-20-14-7-2-3-8-16-24(20)37-27(25)32-29(36)31-26(33)21-17-23(18-11-5-4-6-12-18)30-22-15-10-9-13-19(21)22/h4-6,9-13,15,17H,2-3,7-8,14,16H2,1H3,(H2,31,32,33,36). The minimum absolute atomic E-state index is 0.131. The third-order valence-corrected chi connectivity index (χ3v) is 7.96. The number of carbonyl (C=O) groups excluding carboxylic acids is 2. The van der Waals surface area contributed by atoms with Gasteiger partial charge in [0.2, 0.25) is 0 Å². The number of nitrogens with one attached hydrogen (secondary N) is 2. The lowest BCUT2D eigenvalue weighted by molar-refractivity contribution is 0.0601. The molecule has 2 aromatic carbocycles. The number of rotatable bonds is 4. The minimum atomic E-state index is -0.387. The summed E-state index contributed by atoms with van der Waals surface area (Å²) in [5.41, 5.74) is 4.39. The molecule has 0 aliphatic heterocycles. The van der Waals surface area contributed by atoms with E-state index in [-0.39, 0.29) is 17.0 Å². The Kier molecular flexibility index (Phi) is 7.58. The van der Waals surface area contributed by atoms with E-state index in [0.29, 0.717) is 21.8 Å². The van der Waals surface area contributed by atoms with Crippen molar-refractivity contribution in [3.63, 3.8) is 0 Å². The smallest absolute Gasteiger partial charge is 0.341 e. The number of aryl methyl sites for hydroxylation is 1. The molecule has 0 atom stereocenters. The number of amides is 1. The SMILES string of the molecule is COC(=O)c1c(NC(=S)NC(=O)c2cc(-c3ccccc3)nc3ccccc23)sc2c1CCCCCC2. The molecule has 0 spiro atoms. The number of methoxy groups -OCH3 is 1. The second-order valence-corrected chi connectivity index (χ2v) is 10.5. The third kappa shape index (κ3) is 5.40. The number of anilines is 1. The van der Waals surface area contributed by atoms with Gasteiger partial charge in [-0.3, -0.25) is 10.1 Å². The molecule has 2 N–H and O–H groups in total. The lowest BCUT2D eigenvalue weighted by Crippen LogP contribution is -2.34. The Bertz CT molecular complexity index is 1480. The van der Waals surface area contributed by atoms with Crippen LogP contribution in [0.2, 0.25) is 0 Å². The van der Waals surface area contributed by atoms with Crippen molar-refractivity contribution < 1.29 is 14.3 Å². The third-order valence-electron chi connectivity index (χ3n) is 6.55. The molecule has 0 saturated heterocycles. The van der Waals surface area contributed by atoms with E-state index in [1.807, 2.05) is 54.6 Å². The molecule has 1 amide bonds. The fourth-order valence-electron chi connectivity index (χ4n) is 4.75. The Morgan fingerprint density at radius 2 is 1.70 bits per heavy atom. The van der Waals surface area contributed by atoms with Crippen LogP contribution in [0.5, 0.6) is 0 Å². The monoisotopic (exact) mass is 529 g/mol. The number of esters is 1. The Labute approximate surface area is 225 Å². The number of hydrogen-bond acceptors (Lipinski definition) is 6. The number of ether oxygens (including phenoxy) is 1. The van der Waals surface area contributed by atoms with Crippen LogP contribution in [0.25, 0.3) is 22.2 Å². The highest BCUT2D eigenvalue weighted by Gasteiger charge is 2.26. The number of thiocarbonyl (C=S) groups is 1. The lowest BCUT2D eigenvalue weighted by Gasteiger charge is -2.13. The van der Waals surface area contributed by atoms with Gasteiger partial charge in [0.25, 0.3) is 5.91 Å². The number of pyridine rings is 1. The topological polar surface area (TPSA) is 80.3 Å². The van der Waals surface area contributed by atoms with Crippen LogP contribution in [0.1, 0.15) is 56.8 Å². The zero-order valence-corrected chi connectivity index (χ0v) is 22.1. The molecule has 37 heavy (non-hydrogen) atoms. The summed E-state index contributed by atoms with van der Waals surface area (Å²) in [6.07, 6.45) is 6.23. The van der Waals surface area contributed by atoms with Gasteiger partial charge >= 0.3 is 5.97 Å². The Hall–Kier alpha value is -3.62. The molecule has 0 unspecified atom stereocenters. The van der Waals surface area contributed by atoms with Crippen molar-refractivity contribution in [2.24, 2.45) is 0 Å². The second-order valence-electron chi connectivity index (χ2n) is 8.96. The van der Waals surface area contributed by atoms with Gasteiger partial charge < -0.3 is 10.1 Å². The van der Waals surface area contributed by atoms with Crippen LogP contribution in [0, 0.1) is 0 Å². The molecule has 188 valence electrons. The van der Waals surface area contributed by atoms with Gasteiger partial charge in [-0.05, 0) is 55.6 Å². The summed E-state index contributed by atoms with van der Waals surface area (Å²) in [4.78, 5) is 32.1. The summed E-state index contributed by atoms with van der Waals surface area (Å²) >= 11 is 7.05. The lowest BCUT2D eigenvalue weighted by atomic mass is 9.96. The largest absolute Gasteiger partial charge is 0.465 e. The van der Waals surface area contributed by atoms with Crippen molar-refractivity contribution in [3.05, 3.63) is 82.2 Å². The van der Waals surface area contributed by atoms with Crippen LogP contribution in [-0.2, 0) is 17.6 Å². The number of para-hydroxylation sites is 1. The molecule has 8 heteroatoms. The van der Waals surface area contributed by atoms with E-state index in [9.17, 15) is 9.59 Å². The predicted molar refractivity (Wildman–Crippen MR) is 152 cm³/mol. The van der Waals surface area contributed by atoms with Gasteiger partial charge in [0.15, 0.2) is 5.11 Å². The van der Waals surface area contributed by atoms with Gasteiger partial charge in [-0.2, -0.15) is 0 Å². The maximum atomic E-state index is 13.4. The first-order chi connectivity index (χ1) is 18.0. The molecular weight excluding hydrogens is 502 g/mol. The first-order valence-corrected chi connectivity index (χ1v) is 13.6. The van der Waals surface area contributed by atoms with Crippen molar-refractivity contribution in [3.8, 4) is 11.3 Å².